The molecule has 0 aromatic heterocycles. The molecule has 1 N–H and O–H groups in total. The fourth-order valence-corrected chi connectivity index (χ4v) is 2.79. The number of carbonyl (C=O) groups is 1. The fraction of sp³-hybridized carbons (Fsp3) is 0.211. The van der Waals surface area contributed by atoms with Crippen LogP contribution >= 0.6 is 11.6 Å². The van der Waals surface area contributed by atoms with Gasteiger partial charge in [-0.25, -0.2) is 0 Å². The zero-order valence-electron chi connectivity index (χ0n) is 12.8. The predicted molar refractivity (Wildman–Crippen MR) is 97.0 cm³/mol. The van der Waals surface area contributed by atoms with Gasteiger partial charge in [0.25, 0.3) is 0 Å². The Labute approximate surface area is 141 Å². The quantitative estimate of drug-likeness (QED) is 0.833. The summed E-state index contributed by atoms with van der Waals surface area (Å²) < 4.78 is 0. The van der Waals surface area contributed by atoms with Crippen LogP contribution in [0.1, 0.15) is 18.4 Å². The summed E-state index contributed by atoms with van der Waals surface area (Å²) in [4.78, 5) is 14.3. The van der Waals surface area contributed by atoms with Crippen LogP contribution in [0.4, 0.5) is 11.4 Å². The van der Waals surface area contributed by atoms with Crippen LogP contribution in [-0.2, 0) is 4.79 Å². The summed E-state index contributed by atoms with van der Waals surface area (Å²) in [5.74, 6) is -0.145. The molecule has 118 valence electrons. The number of hydrogen-bond donors (Lipinski definition) is 1. The van der Waals surface area contributed by atoms with Gasteiger partial charge in [-0.05, 0) is 60.9 Å². The molecule has 0 aliphatic carbocycles. The van der Waals surface area contributed by atoms with Crippen molar-refractivity contribution in [1.29, 1.82) is 0 Å². The van der Waals surface area contributed by atoms with Crippen molar-refractivity contribution in [2.24, 2.45) is 0 Å². The van der Waals surface area contributed by atoms with Crippen LogP contribution in [0.25, 0.3) is 6.08 Å². The summed E-state index contributed by atoms with van der Waals surface area (Å²) in [6.07, 6.45) is 5.81. The van der Waals surface area contributed by atoms with Crippen LogP contribution in [0, 0.1) is 0 Å². The van der Waals surface area contributed by atoms with Crippen molar-refractivity contribution in [2.45, 2.75) is 12.8 Å². The monoisotopic (exact) mass is 326 g/mol. The van der Waals surface area contributed by atoms with Gasteiger partial charge in [0, 0.05) is 35.6 Å². The van der Waals surface area contributed by atoms with Crippen molar-refractivity contribution in [3.63, 3.8) is 0 Å². The first-order valence-corrected chi connectivity index (χ1v) is 8.18. The Balaban J connectivity index is 1.57. The Morgan fingerprint density at radius 3 is 2.30 bits per heavy atom. The third-order valence-corrected chi connectivity index (χ3v) is 4.16. The van der Waals surface area contributed by atoms with Gasteiger partial charge in [0.05, 0.1) is 0 Å². The third-order valence-electron chi connectivity index (χ3n) is 3.90. The lowest BCUT2D eigenvalue weighted by Gasteiger charge is -2.17. The normalized spacial score (nSPS) is 14.4. The molecule has 3 rings (SSSR count). The van der Waals surface area contributed by atoms with E-state index in [-0.39, 0.29) is 5.91 Å². The lowest BCUT2D eigenvalue weighted by molar-refractivity contribution is -0.111. The maximum atomic E-state index is 12.0. The maximum Gasteiger partial charge on any atom is 0.248 e. The van der Waals surface area contributed by atoms with Gasteiger partial charge in [-0.15, -0.1) is 0 Å². The number of nitrogens with one attached hydrogen (secondary N) is 1. The van der Waals surface area contributed by atoms with Gasteiger partial charge in [-0.2, -0.15) is 0 Å². The Kier molecular flexibility index (Phi) is 4.99. The van der Waals surface area contributed by atoms with E-state index in [0.29, 0.717) is 5.02 Å². The standard InChI is InChI=1S/C19H19ClN2O/c20-16-6-3-15(4-7-16)5-12-19(23)21-17-8-10-18(11-9-17)22-13-1-2-14-22/h3-12H,1-2,13-14H2,(H,21,23). The van der Waals surface area contributed by atoms with Crippen molar-refractivity contribution in [1.82, 2.24) is 0 Å². The molecular formula is C19H19ClN2O. The highest BCUT2D eigenvalue weighted by Crippen LogP contribution is 2.22. The second kappa shape index (κ2) is 7.34. The van der Waals surface area contributed by atoms with Gasteiger partial charge in [-0.1, -0.05) is 23.7 Å². The molecule has 2 aromatic carbocycles. The summed E-state index contributed by atoms with van der Waals surface area (Å²) in [7, 11) is 0. The summed E-state index contributed by atoms with van der Waals surface area (Å²) in [6, 6.07) is 15.4. The van der Waals surface area contributed by atoms with Crippen molar-refractivity contribution in [3.8, 4) is 0 Å². The highest BCUT2D eigenvalue weighted by atomic mass is 35.5. The van der Waals surface area contributed by atoms with Gasteiger partial charge in [0.2, 0.25) is 5.91 Å². The van der Waals surface area contributed by atoms with Gasteiger partial charge in [0.15, 0.2) is 0 Å². The molecule has 0 saturated carbocycles. The van der Waals surface area contributed by atoms with Crippen LogP contribution in [0.15, 0.2) is 54.6 Å². The smallest absolute Gasteiger partial charge is 0.248 e. The Morgan fingerprint density at radius 1 is 1.00 bits per heavy atom. The summed E-state index contributed by atoms with van der Waals surface area (Å²) >= 11 is 5.83. The summed E-state index contributed by atoms with van der Waals surface area (Å²) in [6.45, 7) is 2.24. The van der Waals surface area contributed by atoms with E-state index in [1.54, 1.807) is 18.2 Å². The van der Waals surface area contributed by atoms with Crippen LogP contribution in [0.2, 0.25) is 5.02 Å². The molecule has 1 heterocycles. The molecule has 1 saturated heterocycles. The molecule has 4 heteroatoms. The van der Waals surface area contributed by atoms with Crippen molar-refractivity contribution >= 4 is 35.0 Å². The maximum absolute atomic E-state index is 12.0. The minimum absolute atomic E-state index is 0.145. The Bertz CT molecular complexity index is 686. The van der Waals surface area contributed by atoms with Crippen LogP contribution < -0.4 is 10.2 Å². The molecule has 0 bridgehead atoms. The number of rotatable bonds is 4. The number of halogens is 1. The average Bonchev–Trinajstić information content (AvgIpc) is 3.09. The minimum atomic E-state index is -0.145. The predicted octanol–water partition coefficient (Wildman–Crippen LogP) is 4.59. The largest absolute Gasteiger partial charge is 0.372 e. The highest BCUT2D eigenvalue weighted by molar-refractivity contribution is 6.30. The van der Waals surface area contributed by atoms with E-state index in [1.807, 2.05) is 24.3 Å². The molecule has 1 fully saturated rings. The summed E-state index contributed by atoms with van der Waals surface area (Å²) in [5, 5.41) is 3.56. The lowest BCUT2D eigenvalue weighted by Crippen LogP contribution is -2.17. The SMILES string of the molecule is O=C(C=Cc1ccc(Cl)cc1)Nc1ccc(N2CCCC2)cc1. The number of amides is 1. The molecule has 2 aromatic rings. The fourth-order valence-electron chi connectivity index (χ4n) is 2.66. The van der Waals surface area contributed by atoms with E-state index in [9.17, 15) is 4.79 Å². The molecule has 0 radical (unpaired) electrons. The zero-order valence-corrected chi connectivity index (χ0v) is 13.6. The molecule has 0 unspecified atom stereocenters. The average molecular weight is 327 g/mol. The van der Waals surface area contributed by atoms with Crippen LogP contribution in [0.5, 0.6) is 0 Å². The van der Waals surface area contributed by atoms with Gasteiger partial charge < -0.3 is 10.2 Å². The first-order valence-electron chi connectivity index (χ1n) is 7.80. The molecular weight excluding hydrogens is 308 g/mol. The van der Waals surface area contributed by atoms with Crippen molar-refractivity contribution in [3.05, 3.63) is 65.2 Å². The van der Waals surface area contributed by atoms with E-state index in [0.717, 1.165) is 24.3 Å². The molecule has 1 aliphatic rings. The molecule has 0 spiro atoms. The van der Waals surface area contributed by atoms with Crippen molar-refractivity contribution in [2.75, 3.05) is 23.3 Å². The van der Waals surface area contributed by atoms with E-state index in [2.05, 4.69) is 22.3 Å². The van der Waals surface area contributed by atoms with Gasteiger partial charge in [0.1, 0.15) is 0 Å². The topological polar surface area (TPSA) is 32.3 Å². The molecule has 1 amide bonds. The molecule has 1 aliphatic heterocycles. The second-order valence-corrected chi connectivity index (χ2v) is 6.05. The first kappa shape index (κ1) is 15.6. The summed E-state index contributed by atoms with van der Waals surface area (Å²) in [5.41, 5.74) is 2.96. The van der Waals surface area contributed by atoms with Crippen LogP contribution in [0.3, 0.4) is 0 Å². The number of anilines is 2. The number of nitrogens with zero attached hydrogens (tertiary/aromatic N) is 1. The van der Waals surface area contributed by atoms with E-state index >= 15 is 0 Å². The number of hydrogen-bond acceptors (Lipinski definition) is 2. The Morgan fingerprint density at radius 2 is 1.65 bits per heavy atom. The van der Waals surface area contributed by atoms with Crippen molar-refractivity contribution < 1.29 is 4.79 Å². The number of benzene rings is 2. The van der Waals surface area contributed by atoms with Gasteiger partial charge >= 0.3 is 0 Å². The highest BCUT2D eigenvalue weighted by Gasteiger charge is 2.11. The number of carbonyl (C=O) groups excluding carboxylic acids is 1. The van der Waals surface area contributed by atoms with E-state index in [1.165, 1.54) is 24.6 Å². The molecule has 0 atom stereocenters. The van der Waals surface area contributed by atoms with Gasteiger partial charge in [-0.3, -0.25) is 4.79 Å². The third kappa shape index (κ3) is 4.36. The van der Waals surface area contributed by atoms with E-state index in [4.69, 9.17) is 11.6 Å². The molecule has 3 nitrogen and oxygen atoms in total. The minimum Gasteiger partial charge on any atom is -0.372 e. The second-order valence-electron chi connectivity index (χ2n) is 5.62. The van der Waals surface area contributed by atoms with Crippen LogP contribution in [-0.4, -0.2) is 19.0 Å². The zero-order chi connectivity index (χ0) is 16.1. The molecule has 23 heavy (non-hydrogen) atoms. The van der Waals surface area contributed by atoms with E-state index < -0.39 is 0 Å². The first-order chi connectivity index (χ1) is 11.2. The Hall–Kier alpha value is -2.26. The lowest BCUT2D eigenvalue weighted by atomic mass is 10.2.